The molecule has 7 heteroatoms. The molecule has 2 aromatic heterocycles. The molecule has 1 aliphatic heterocycles. The monoisotopic (exact) mass is 329 g/mol. The first-order valence-electron chi connectivity index (χ1n) is 7.13. The van der Waals surface area contributed by atoms with Crippen LogP contribution in [-0.2, 0) is 13.0 Å². The molecule has 4 rings (SSSR count). The van der Waals surface area contributed by atoms with Crippen molar-refractivity contribution in [3.63, 3.8) is 0 Å². The van der Waals surface area contributed by atoms with Crippen molar-refractivity contribution in [2.24, 2.45) is 0 Å². The summed E-state index contributed by atoms with van der Waals surface area (Å²) in [5, 5.41) is 4.00. The molecular weight excluding hydrogens is 318 g/mol. The Balaban J connectivity index is 1.61. The van der Waals surface area contributed by atoms with Crippen molar-refractivity contribution in [3.05, 3.63) is 63.5 Å². The van der Waals surface area contributed by atoms with Crippen LogP contribution in [0.15, 0.2) is 46.0 Å². The summed E-state index contributed by atoms with van der Waals surface area (Å²) in [5.41, 5.74) is 0.789. The van der Waals surface area contributed by atoms with E-state index in [0.29, 0.717) is 29.0 Å². The first kappa shape index (κ1) is 14.0. The third-order valence-corrected chi connectivity index (χ3v) is 4.18. The van der Waals surface area contributed by atoms with Crippen LogP contribution < -0.4 is 10.9 Å². The average Bonchev–Trinajstić information content (AvgIpc) is 3.08. The molecule has 1 atom stereocenters. The fraction of sp³-hybridized carbons (Fsp3) is 0.188. The predicted molar refractivity (Wildman–Crippen MR) is 84.7 cm³/mol. The molecule has 0 aliphatic carbocycles. The molecule has 3 heterocycles. The second-order valence-electron chi connectivity index (χ2n) is 5.54. The summed E-state index contributed by atoms with van der Waals surface area (Å²) in [7, 11) is 0. The standard InChI is InChI=1S/C16H12ClN3O3/c17-10-1-2-14-9(3-10)4-13(16(22)23-14)15(21)19-11-5-12-6-18-8-20(12)7-11/h1-4,6,8,11H,5,7H2,(H,19,21). The van der Waals surface area contributed by atoms with E-state index >= 15 is 0 Å². The van der Waals surface area contributed by atoms with Gasteiger partial charge in [-0.15, -0.1) is 0 Å². The van der Waals surface area contributed by atoms with Gasteiger partial charge in [-0.25, -0.2) is 9.78 Å². The Morgan fingerprint density at radius 3 is 3.09 bits per heavy atom. The number of nitrogens with zero attached hydrogens (tertiary/aromatic N) is 2. The number of hydrogen-bond acceptors (Lipinski definition) is 4. The highest BCUT2D eigenvalue weighted by atomic mass is 35.5. The average molecular weight is 330 g/mol. The number of halogens is 1. The van der Waals surface area contributed by atoms with Crippen molar-refractivity contribution in [1.82, 2.24) is 14.9 Å². The summed E-state index contributed by atoms with van der Waals surface area (Å²) < 4.78 is 7.17. The lowest BCUT2D eigenvalue weighted by Crippen LogP contribution is -2.38. The first-order valence-corrected chi connectivity index (χ1v) is 7.51. The molecule has 1 N–H and O–H groups in total. The van der Waals surface area contributed by atoms with E-state index in [2.05, 4.69) is 10.3 Å². The van der Waals surface area contributed by atoms with E-state index in [0.717, 1.165) is 5.69 Å². The fourth-order valence-electron chi connectivity index (χ4n) is 2.85. The highest BCUT2D eigenvalue weighted by Gasteiger charge is 2.24. The lowest BCUT2D eigenvalue weighted by molar-refractivity contribution is 0.0933. The van der Waals surface area contributed by atoms with Crippen LogP contribution >= 0.6 is 11.6 Å². The smallest absolute Gasteiger partial charge is 0.349 e. The Labute approximate surface area is 135 Å². The van der Waals surface area contributed by atoms with E-state index in [9.17, 15) is 9.59 Å². The number of benzene rings is 1. The second kappa shape index (κ2) is 5.24. The summed E-state index contributed by atoms with van der Waals surface area (Å²) in [6, 6.07) is 6.35. The third kappa shape index (κ3) is 2.51. The molecule has 0 fully saturated rings. The predicted octanol–water partition coefficient (Wildman–Crippen LogP) is 2.00. The van der Waals surface area contributed by atoms with Gasteiger partial charge < -0.3 is 14.3 Å². The lowest BCUT2D eigenvalue weighted by Gasteiger charge is -2.11. The molecular formula is C16H12ClN3O3. The van der Waals surface area contributed by atoms with Crippen LogP contribution in [-0.4, -0.2) is 21.5 Å². The Hall–Kier alpha value is -2.60. The van der Waals surface area contributed by atoms with Gasteiger partial charge in [-0.3, -0.25) is 4.79 Å². The zero-order chi connectivity index (χ0) is 16.0. The van der Waals surface area contributed by atoms with Crippen molar-refractivity contribution in [1.29, 1.82) is 0 Å². The summed E-state index contributed by atoms with van der Waals surface area (Å²) in [6.45, 7) is 0.645. The van der Waals surface area contributed by atoms with Crippen LogP contribution in [0.2, 0.25) is 5.02 Å². The summed E-state index contributed by atoms with van der Waals surface area (Å²) in [5.74, 6) is -0.440. The van der Waals surface area contributed by atoms with Gasteiger partial charge in [0.05, 0.1) is 12.4 Å². The number of aromatic nitrogens is 2. The maximum atomic E-state index is 12.4. The van der Waals surface area contributed by atoms with Crippen molar-refractivity contribution in [2.75, 3.05) is 0 Å². The Bertz CT molecular complexity index is 956. The number of fused-ring (bicyclic) bond motifs is 2. The van der Waals surface area contributed by atoms with Gasteiger partial charge in [0, 0.05) is 35.3 Å². The van der Waals surface area contributed by atoms with Gasteiger partial charge in [-0.05, 0) is 24.3 Å². The molecule has 1 amide bonds. The van der Waals surface area contributed by atoms with Crippen molar-refractivity contribution < 1.29 is 9.21 Å². The largest absolute Gasteiger partial charge is 0.422 e. The maximum Gasteiger partial charge on any atom is 0.349 e. The van der Waals surface area contributed by atoms with Gasteiger partial charge in [-0.2, -0.15) is 0 Å². The zero-order valence-electron chi connectivity index (χ0n) is 12.0. The van der Waals surface area contributed by atoms with Gasteiger partial charge in [0.1, 0.15) is 11.1 Å². The molecule has 0 radical (unpaired) electrons. The highest BCUT2D eigenvalue weighted by molar-refractivity contribution is 6.31. The van der Waals surface area contributed by atoms with Crippen LogP contribution in [0.3, 0.4) is 0 Å². The molecule has 0 saturated carbocycles. The normalized spacial score (nSPS) is 16.5. The van der Waals surface area contributed by atoms with Gasteiger partial charge in [0.2, 0.25) is 0 Å². The second-order valence-corrected chi connectivity index (χ2v) is 5.98. The number of hydrogen-bond donors (Lipinski definition) is 1. The minimum Gasteiger partial charge on any atom is -0.422 e. The van der Waals surface area contributed by atoms with Crippen molar-refractivity contribution in [3.8, 4) is 0 Å². The quantitative estimate of drug-likeness (QED) is 0.729. The zero-order valence-corrected chi connectivity index (χ0v) is 12.7. The molecule has 0 spiro atoms. The van der Waals surface area contributed by atoms with Crippen LogP contribution in [0.5, 0.6) is 0 Å². The van der Waals surface area contributed by atoms with E-state index in [-0.39, 0.29) is 11.6 Å². The molecule has 0 bridgehead atoms. The Morgan fingerprint density at radius 2 is 2.26 bits per heavy atom. The molecule has 116 valence electrons. The molecule has 23 heavy (non-hydrogen) atoms. The molecule has 6 nitrogen and oxygen atoms in total. The number of rotatable bonds is 2. The number of carbonyl (C=O) groups is 1. The number of nitrogens with one attached hydrogen (secondary N) is 1. The van der Waals surface area contributed by atoms with Gasteiger partial charge in [-0.1, -0.05) is 11.6 Å². The topological polar surface area (TPSA) is 77.1 Å². The van der Waals surface area contributed by atoms with E-state index in [1.54, 1.807) is 30.7 Å². The van der Waals surface area contributed by atoms with E-state index < -0.39 is 11.5 Å². The van der Waals surface area contributed by atoms with Gasteiger partial charge in [0.25, 0.3) is 5.91 Å². The van der Waals surface area contributed by atoms with Crippen molar-refractivity contribution >= 4 is 28.5 Å². The van der Waals surface area contributed by atoms with Gasteiger partial charge >= 0.3 is 5.63 Å². The molecule has 1 unspecified atom stereocenters. The minimum absolute atomic E-state index is 0.0190. The number of amides is 1. The van der Waals surface area contributed by atoms with E-state index in [1.165, 1.54) is 6.07 Å². The van der Waals surface area contributed by atoms with Crippen molar-refractivity contribution in [2.45, 2.75) is 19.0 Å². The SMILES string of the molecule is O=C(NC1Cc2cncn2C1)c1cc2cc(Cl)ccc2oc1=O. The number of imidazole rings is 1. The van der Waals surface area contributed by atoms with Gasteiger partial charge in [0.15, 0.2) is 0 Å². The Kier molecular flexibility index (Phi) is 3.20. The van der Waals surface area contributed by atoms with Crippen LogP contribution in [0, 0.1) is 0 Å². The number of carbonyl (C=O) groups excluding carboxylic acids is 1. The van der Waals surface area contributed by atoms with Crippen LogP contribution in [0.1, 0.15) is 16.1 Å². The van der Waals surface area contributed by atoms with E-state index in [1.807, 2.05) is 4.57 Å². The maximum absolute atomic E-state index is 12.4. The molecule has 0 saturated heterocycles. The summed E-state index contributed by atoms with van der Waals surface area (Å²) in [6.07, 6.45) is 4.20. The first-order chi connectivity index (χ1) is 11.1. The third-order valence-electron chi connectivity index (χ3n) is 3.95. The highest BCUT2D eigenvalue weighted by Crippen LogP contribution is 2.19. The summed E-state index contributed by atoms with van der Waals surface area (Å²) in [4.78, 5) is 28.5. The Morgan fingerprint density at radius 1 is 1.39 bits per heavy atom. The van der Waals surface area contributed by atoms with Crippen LogP contribution in [0.25, 0.3) is 11.0 Å². The lowest BCUT2D eigenvalue weighted by atomic mass is 10.1. The molecule has 1 aliphatic rings. The summed E-state index contributed by atoms with van der Waals surface area (Å²) >= 11 is 5.94. The molecule has 3 aromatic rings. The van der Waals surface area contributed by atoms with Crippen LogP contribution in [0.4, 0.5) is 0 Å². The fourth-order valence-corrected chi connectivity index (χ4v) is 3.03. The molecule has 1 aromatic carbocycles. The van der Waals surface area contributed by atoms with E-state index in [4.69, 9.17) is 16.0 Å². The minimum atomic E-state index is -0.656.